The van der Waals surface area contributed by atoms with Crippen LogP contribution in [0.25, 0.3) is 0 Å². The van der Waals surface area contributed by atoms with Crippen molar-refractivity contribution < 1.29 is 20.1 Å². The molecule has 0 radical (unpaired) electrons. The van der Waals surface area contributed by atoms with Gasteiger partial charge < -0.3 is 26.0 Å². The number of rotatable bonds is 6. The number of primary amides is 1. The Balaban J connectivity index is 2.79. The first-order valence-electron chi connectivity index (χ1n) is 5.54. The molecule has 100 valence electrons. The first-order valence-corrected chi connectivity index (χ1v) is 5.54. The van der Waals surface area contributed by atoms with Crippen LogP contribution in [0.3, 0.4) is 0 Å². The van der Waals surface area contributed by atoms with Crippen LogP contribution >= 0.6 is 0 Å². The van der Waals surface area contributed by atoms with E-state index in [2.05, 4.69) is 0 Å². The molecule has 0 spiro atoms. The highest BCUT2D eigenvalue weighted by atomic mass is 16.3. The van der Waals surface area contributed by atoms with Crippen molar-refractivity contribution in [3.63, 3.8) is 0 Å². The lowest BCUT2D eigenvalue weighted by Gasteiger charge is -2.20. The smallest absolute Gasteiger partial charge is 0.249 e. The van der Waals surface area contributed by atoms with Gasteiger partial charge in [-0.2, -0.15) is 0 Å². The van der Waals surface area contributed by atoms with E-state index in [1.54, 1.807) is 24.3 Å². The number of amides is 1. The number of nitrogens with two attached hydrogens (primary N) is 1. The second-order valence-electron chi connectivity index (χ2n) is 4.03. The molecule has 0 saturated heterocycles. The van der Waals surface area contributed by atoms with Gasteiger partial charge in [-0.3, -0.25) is 4.79 Å². The SMILES string of the molecule is CN(CCO)c1ccc(C(O)C(O)C(N)=O)cc1. The van der Waals surface area contributed by atoms with Gasteiger partial charge in [0.2, 0.25) is 5.91 Å². The van der Waals surface area contributed by atoms with Gasteiger partial charge in [0.25, 0.3) is 0 Å². The summed E-state index contributed by atoms with van der Waals surface area (Å²) in [5.41, 5.74) is 6.17. The van der Waals surface area contributed by atoms with Gasteiger partial charge in [-0.1, -0.05) is 12.1 Å². The van der Waals surface area contributed by atoms with Crippen LogP contribution < -0.4 is 10.6 Å². The van der Waals surface area contributed by atoms with Crippen molar-refractivity contribution in [3.05, 3.63) is 29.8 Å². The van der Waals surface area contributed by atoms with Gasteiger partial charge in [-0.15, -0.1) is 0 Å². The molecule has 0 aliphatic heterocycles. The number of aliphatic hydroxyl groups is 3. The summed E-state index contributed by atoms with van der Waals surface area (Å²) in [6, 6.07) is 6.64. The lowest BCUT2D eigenvalue weighted by atomic mass is 10.0. The molecule has 18 heavy (non-hydrogen) atoms. The van der Waals surface area contributed by atoms with Crippen molar-refractivity contribution in [3.8, 4) is 0 Å². The summed E-state index contributed by atoms with van der Waals surface area (Å²) < 4.78 is 0. The fourth-order valence-electron chi connectivity index (χ4n) is 1.54. The Kier molecular flexibility index (Phi) is 5.08. The predicted molar refractivity (Wildman–Crippen MR) is 67.0 cm³/mol. The van der Waals surface area contributed by atoms with Gasteiger partial charge in [-0.05, 0) is 17.7 Å². The van der Waals surface area contributed by atoms with Gasteiger partial charge in [0, 0.05) is 19.3 Å². The zero-order valence-corrected chi connectivity index (χ0v) is 10.2. The lowest BCUT2D eigenvalue weighted by molar-refractivity contribution is -0.131. The molecule has 0 fully saturated rings. The third kappa shape index (κ3) is 3.43. The largest absolute Gasteiger partial charge is 0.395 e. The molecule has 0 saturated carbocycles. The van der Waals surface area contributed by atoms with E-state index >= 15 is 0 Å². The number of carbonyl (C=O) groups excluding carboxylic acids is 1. The minimum Gasteiger partial charge on any atom is -0.395 e. The molecule has 0 aromatic heterocycles. The number of carbonyl (C=O) groups is 1. The van der Waals surface area contributed by atoms with Gasteiger partial charge in [0.15, 0.2) is 6.10 Å². The Hall–Kier alpha value is -1.63. The molecule has 0 aliphatic carbocycles. The van der Waals surface area contributed by atoms with E-state index in [4.69, 9.17) is 10.8 Å². The molecule has 2 unspecified atom stereocenters. The standard InChI is InChI=1S/C12H18N2O4/c1-14(6-7-15)9-4-2-8(3-5-9)10(16)11(17)12(13)18/h2-5,10-11,15-17H,6-7H2,1H3,(H2,13,18). The van der Waals surface area contributed by atoms with Gasteiger partial charge in [-0.25, -0.2) is 0 Å². The number of hydrogen-bond acceptors (Lipinski definition) is 5. The molecular weight excluding hydrogens is 236 g/mol. The van der Waals surface area contributed by atoms with E-state index in [1.807, 2.05) is 11.9 Å². The maximum absolute atomic E-state index is 10.8. The maximum atomic E-state index is 10.8. The Morgan fingerprint density at radius 1 is 1.33 bits per heavy atom. The van der Waals surface area contributed by atoms with Crippen molar-refractivity contribution in [2.45, 2.75) is 12.2 Å². The summed E-state index contributed by atoms with van der Waals surface area (Å²) in [6.07, 6.45) is -2.95. The Bertz CT molecular complexity index is 394. The minimum absolute atomic E-state index is 0.0429. The molecule has 2 atom stereocenters. The number of nitrogens with zero attached hydrogens (tertiary/aromatic N) is 1. The van der Waals surface area contributed by atoms with Crippen molar-refractivity contribution in [1.82, 2.24) is 0 Å². The lowest BCUT2D eigenvalue weighted by Crippen LogP contribution is -2.33. The number of hydrogen-bond donors (Lipinski definition) is 4. The van der Waals surface area contributed by atoms with Crippen LogP contribution in [0.2, 0.25) is 0 Å². The molecule has 5 N–H and O–H groups in total. The highest BCUT2D eigenvalue weighted by molar-refractivity contribution is 5.79. The topological polar surface area (TPSA) is 107 Å². The molecule has 1 aromatic carbocycles. The highest BCUT2D eigenvalue weighted by Gasteiger charge is 2.23. The van der Waals surface area contributed by atoms with Crippen LogP contribution in [0.5, 0.6) is 0 Å². The third-order valence-electron chi connectivity index (χ3n) is 2.70. The average Bonchev–Trinajstić information content (AvgIpc) is 2.37. The fraction of sp³-hybridized carbons (Fsp3) is 0.417. The molecule has 6 heteroatoms. The summed E-state index contributed by atoms with van der Waals surface area (Å²) >= 11 is 0. The first-order chi connectivity index (χ1) is 8.47. The summed E-state index contributed by atoms with van der Waals surface area (Å²) in [5, 5.41) is 27.8. The summed E-state index contributed by atoms with van der Waals surface area (Å²) in [4.78, 5) is 12.6. The van der Waals surface area contributed by atoms with Crippen molar-refractivity contribution >= 4 is 11.6 Å². The minimum atomic E-state index is -1.62. The molecule has 1 rings (SSSR count). The average molecular weight is 254 g/mol. The van der Waals surface area contributed by atoms with Crippen molar-refractivity contribution in [2.24, 2.45) is 5.73 Å². The normalized spacial score (nSPS) is 14.0. The Labute approximate surface area is 105 Å². The number of likely N-dealkylation sites (N-methyl/N-ethyl adjacent to an activating group) is 1. The van der Waals surface area contributed by atoms with Gasteiger partial charge in [0.1, 0.15) is 6.10 Å². The number of benzene rings is 1. The number of anilines is 1. The molecule has 1 aromatic rings. The van der Waals surface area contributed by atoms with E-state index in [1.165, 1.54) is 0 Å². The first kappa shape index (κ1) is 14.4. The van der Waals surface area contributed by atoms with Crippen LogP contribution in [0, 0.1) is 0 Å². The summed E-state index contributed by atoms with van der Waals surface area (Å²) in [5.74, 6) is -0.969. The predicted octanol–water partition coefficient (Wildman–Crippen LogP) is -1.01. The summed E-state index contributed by atoms with van der Waals surface area (Å²) in [6.45, 7) is 0.535. The maximum Gasteiger partial charge on any atom is 0.249 e. The molecular formula is C12H18N2O4. The number of aliphatic hydroxyl groups excluding tert-OH is 3. The zero-order chi connectivity index (χ0) is 13.7. The van der Waals surface area contributed by atoms with Crippen molar-refractivity contribution in [1.29, 1.82) is 0 Å². The van der Waals surface area contributed by atoms with E-state index < -0.39 is 18.1 Å². The zero-order valence-electron chi connectivity index (χ0n) is 10.2. The quantitative estimate of drug-likeness (QED) is 0.520. The Morgan fingerprint density at radius 3 is 2.33 bits per heavy atom. The highest BCUT2D eigenvalue weighted by Crippen LogP contribution is 2.20. The van der Waals surface area contributed by atoms with E-state index in [-0.39, 0.29) is 6.61 Å². The van der Waals surface area contributed by atoms with Crippen molar-refractivity contribution in [2.75, 3.05) is 25.1 Å². The van der Waals surface area contributed by atoms with E-state index in [0.29, 0.717) is 12.1 Å². The monoisotopic (exact) mass is 254 g/mol. The molecule has 1 amide bonds. The molecule has 0 heterocycles. The van der Waals surface area contributed by atoms with Crippen LogP contribution in [-0.2, 0) is 4.79 Å². The van der Waals surface area contributed by atoms with Crippen LogP contribution in [-0.4, -0.2) is 47.5 Å². The second kappa shape index (κ2) is 6.34. The van der Waals surface area contributed by atoms with E-state index in [0.717, 1.165) is 5.69 Å². The van der Waals surface area contributed by atoms with Gasteiger partial charge in [0.05, 0.1) is 6.61 Å². The van der Waals surface area contributed by atoms with Crippen LogP contribution in [0.1, 0.15) is 11.7 Å². The van der Waals surface area contributed by atoms with Gasteiger partial charge >= 0.3 is 0 Å². The van der Waals surface area contributed by atoms with Crippen LogP contribution in [0.15, 0.2) is 24.3 Å². The summed E-state index contributed by atoms with van der Waals surface area (Å²) in [7, 11) is 1.82. The fourth-order valence-corrected chi connectivity index (χ4v) is 1.54. The molecule has 0 aliphatic rings. The molecule has 6 nitrogen and oxygen atoms in total. The molecule has 0 bridgehead atoms. The van der Waals surface area contributed by atoms with Crippen LogP contribution in [0.4, 0.5) is 5.69 Å². The third-order valence-corrected chi connectivity index (χ3v) is 2.70. The Morgan fingerprint density at radius 2 is 1.89 bits per heavy atom. The van der Waals surface area contributed by atoms with E-state index in [9.17, 15) is 15.0 Å². The second-order valence-corrected chi connectivity index (χ2v) is 4.03.